The molecule has 1 aromatic heterocycles. The number of hydrogen-bond donors (Lipinski definition) is 1. The molecule has 4 aromatic rings. The number of hydrogen-bond acceptors (Lipinski definition) is 6. The Morgan fingerprint density at radius 1 is 0.853 bits per heavy atom. The van der Waals surface area contributed by atoms with Crippen LogP contribution in [0.2, 0.25) is 0 Å². The fourth-order valence-corrected chi connectivity index (χ4v) is 4.74. The van der Waals surface area contributed by atoms with Gasteiger partial charge in [0.2, 0.25) is 5.95 Å². The highest BCUT2D eigenvalue weighted by atomic mass is 16.5. The summed E-state index contributed by atoms with van der Waals surface area (Å²) >= 11 is 0. The van der Waals surface area contributed by atoms with Gasteiger partial charge >= 0.3 is 0 Å². The number of fused-ring (bicyclic) bond motifs is 3. The lowest BCUT2D eigenvalue weighted by molar-refractivity contribution is 0.223. The minimum atomic E-state index is -0.326. The van der Waals surface area contributed by atoms with Crippen LogP contribution >= 0.6 is 0 Å². The number of methoxy groups -OCH3 is 2. The molecule has 0 saturated carbocycles. The van der Waals surface area contributed by atoms with Gasteiger partial charge in [0.15, 0.2) is 0 Å². The third kappa shape index (κ3) is 3.20. The Morgan fingerprint density at radius 2 is 1.50 bits per heavy atom. The summed E-state index contributed by atoms with van der Waals surface area (Å²) in [5.41, 5.74) is 5.19. The van der Waals surface area contributed by atoms with Crippen molar-refractivity contribution in [2.45, 2.75) is 19.1 Å². The highest BCUT2D eigenvalue weighted by Crippen LogP contribution is 2.50. The predicted octanol–water partition coefficient (Wildman–Crippen LogP) is 5.16. The average Bonchev–Trinajstić information content (AvgIpc) is 3.26. The number of aryl methyl sites for hydroxylation is 1. The molecule has 0 bridgehead atoms. The maximum atomic E-state index is 6.65. The Balaban J connectivity index is 1.59. The van der Waals surface area contributed by atoms with Crippen molar-refractivity contribution in [2.24, 2.45) is 0 Å². The number of anilines is 1. The SMILES string of the molecule is COc1ccc([C@@H]2Oc3ccccc3C3=C2[C@@H](c2ccc(OC)cc2)n2nc(C)nc2N3)cc1. The van der Waals surface area contributed by atoms with Crippen molar-refractivity contribution in [3.63, 3.8) is 0 Å². The van der Waals surface area contributed by atoms with E-state index < -0.39 is 0 Å². The van der Waals surface area contributed by atoms with E-state index in [9.17, 15) is 0 Å². The first-order valence-electron chi connectivity index (χ1n) is 11.1. The molecule has 2 aliphatic rings. The van der Waals surface area contributed by atoms with Gasteiger partial charge in [0.05, 0.1) is 19.9 Å². The van der Waals surface area contributed by atoms with E-state index in [1.54, 1.807) is 14.2 Å². The van der Waals surface area contributed by atoms with Crippen LogP contribution in [0.1, 0.15) is 34.7 Å². The number of para-hydroxylation sites is 1. The Bertz CT molecular complexity index is 1390. The number of nitrogens with zero attached hydrogens (tertiary/aromatic N) is 3. The van der Waals surface area contributed by atoms with E-state index in [4.69, 9.17) is 19.3 Å². The second-order valence-electron chi connectivity index (χ2n) is 8.33. The van der Waals surface area contributed by atoms with Crippen LogP contribution in [0.3, 0.4) is 0 Å². The molecular formula is C27H24N4O3. The standard InChI is InChI=1S/C27H24N4O3/c1-16-28-27-29-24-21-6-4-5-7-22(21)34-26(18-10-14-20(33-3)15-11-18)23(24)25(31(27)30-16)17-8-12-19(32-2)13-9-17/h4-15,25-26H,1-3H3,(H,28,29,30)/t25-,26+/m1/s1. The van der Waals surface area contributed by atoms with E-state index >= 15 is 0 Å². The summed E-state index contributed by atoms with van der Waals surface area (Å²) in [5, 5.41) is 8.32. The first-order valence-corrected chi connectivity index (χ1v) is 11.1. The Kier molecular flexibility index (Phi) is 4.76. The molecular weight excluding hydrogens is 428 g/mol. The Morgan fingerprint density at radius 3 is 2.18 bits per heavy atom. The molecule has 3 heterocycles. The highest BCUT2D eigenvalue weighted by molar-refractivity contribution is 5.85. The summed E-state index contributed by atoms with van der Waals surface area (Å²) in [6, 6.07) is 24.0. The van der Waals surface area contributed by atoms with Crippen LogP contribution in [0.15, 0.2) is 78.4 Å². The number of nitrogens with one attached hydrogen (secondary N) is 1. The van der Waals surface area contributed by atoms with Gasteiger partial charge in [-0.3, -0.25) is 0 Å². The molecule has 0 radical (unpaired) electrons. The van der Waals surface area contributed by atoms with Gasteiger partial charge in [0.1, 0.15) is 35.2 Å². The van der Waals surface area contributed by atoms with Gasteiger partial charge in [-0.2, -0.15) is 10.1 Å². The van der Waals surface area contributed by atoms with E-state index in [1.807, 2.05) is 54.1 Å². The molecule has 6 rings (SSSR count). The molecule has 1 N–H and O–H groups in total. The normalized spacial score (nSPS) is 18.2. The van der Waals surface area contributed by atoms with E-state index in [0.29, 0.717) is 11.8 Å². The molecule has 0 aliphatic carbocycles. The van der Waals surface area contributed by atoms with Crippen molar-refractivity contribution in [1.82, 2.24) is 14.8 Å². The summed E-state index contributed by atoms with van der Waals surface area (Å²) in [5.74, 6) is 3.85. The molecule has 0 saturated heterocycles. The topological polar surface area (TPSA) is 70.4 Å². The number of rotatable bonds is 4. The van der Waals surface area contributed by atoms with Crippen molar-refractivity contribution < 1.29 is 14.2 Å². The molecule has 3 aromatic carbocycles. The summed E-state index contributed by atoms with van der Waals surface area (Å²) in [7, 11) is 3.34. The quantitative estimate of drug-likeness (QED) is 0.461. The maximum absolute atomic E-state index is 6.65. The molecule has 0 fully saturated rings. The van der Waals surface area contributed by atoms with Crippen molar-refractivity contribution in [2.75, 3.05) is 19.5 Å². The van der Waals surface area contributed by atoms with E-state index in [2.05, 4.69) is 40.6 Å². The monoisotopic (exact) mass is 452 g/mol. The van der Waals surface area contributed by atoms with Gasteiger partial charge in [-0.05, 0) is 54.4 Å². The summed E-state index contributed by atoms with van der Waals surface area (Å²) in [6.07, 6.45) is -0.326. The van der Waals surface area contributed by atoms with Crippen molar-refractivity contribution in [3.8, 4) is 17.2 Å². The highest BCUT2D eigenvalue weighted by Gasteiger charge is 2.41. The van der Waals surface area contributed by atoms with Gasteiger partial charge in [0.25, 0.3) is 0 Å². The number of benzene rings is 3. The Labute approximate surface area is 197 Å². The van der Waals surface area contributed by atoms with Crippen LogP contribution in [0, 0.1) is 6.92 Å². The molecule has 2 aliphatic heterocycles. The van der Waals surface area contributed by atoms with E-state index in [1.165, 1.54) is 0 Å². The van der Waals surface area contributed by atoms with Crippen LogP contribution in [0.4, 0.5) is 5.95 Å². The van der Waals surface area contributed by atoms with Crippen LogP contribution in [0.25, 0.3) is 5.70 Å². The molecule has 0 spiro atoms. The molecule has 2 atom stereocenters. The maximum Gasteiger partial charge on any atom is 0.226 e. The summed E-state index contributed by atoms with van der Waals surface area (Å²) in [6.45, 7) is 1.91. The van der Waals surface area contributed by atoms with Crippen LogP contribution in [0.5, 0.6) is 17.2 Å². The second-order valence-corrected chi connectivity index (χ2v) is 8.33. The number of aromatic nitrogens is 3. The number of ether oxygens (including phenoxy) is 3. The van der Waals surface area contributed by atoms with Crippen molar-refractivity contribution in [1.29, 1.82) is 0 Å². The first-order chi connectivity index (χ1) is 16.7. The zero-order valence-corrected chi connectivity index (χ0v) is 19.1. The molecule has 0 unspecified atom stereocenters. The van der Waals surface area contributed by atoms with Gasteiger partial charge in [-0.1, -0.05) is 36.4 Å². The minimum Gasteiger partial charge on any atom is -0.497 e. The second kappa shape index (κ2) is 7.95. The average molecular weight is 453 g/mol. The molecule has 0 amide bonds. The van der Waals surface area contributed by atoms with E-state index in [-0.39, 0.29) is 12.1 Å². The molecule has 34 heavy (non-hydrogen) atoms. The first kappa shape index (κ1) is 20.4. The fraction of sp³-hybridized carbons (Fsp3) is 0.185. The zero-order valence-electron chi connectivity index (χ0n) is 19.1. The van der Waals surface area contributed by atoms with Gasteiger partial charge in [0, 0.05) is 11.1 Å². The van der Waals surface area contributed by atoms with Crippen molar-refractivity contribution >= 4 is 11.6 Å². The van der Waals surface area contributed by atoms with Crippen LogP contribution < -0.4 is 19.5 Å². The predicted molar refractivity (Wildman–Crippen MR) is 129 cm³/mol. The summed E-state index contributed by atoms with van der Waals surface area (Å²) in [4.78, 5) is 4.67. The third-order valence-corrected chi connectivity index (χ3v) is 6.34. The van der Waals surface area contributed by atoms with Gasteiger partial charge < -0.3 is 19.5 Å². The lowest BCUT2D eigenvalue weighted by Gasteiger charge is -2.39. The van der Waals surface area contributed by atoms with Crippen LogP contribution in [-0.4, -0.2) is 29.0 Å². The van der Waals surface area contributed by atoms with Crippen LogP contribution in [-0.2, 0) is 0 Å². The lowest BCUT2D eigenvalue weighted by Crippen LogP contribution is -2.32. The molecule has 7 nitrogen and oxygen atoms in total. The lowest BCUT2D eigenvalue weighted by atomic mass is 9.84. The van der Waals surface area contributed by atoms with Crippen molar-refractivity contribution in [3.05, 3.63) is 101 Å². The largest absolute Gasteiger partial charge is 0.497 e. The molecule has 7 heteroatoms. The summed E-state index contributed by atoms with van der Waals surface area (Å²) < 4.78 is 19.4. The zero-order chi connectivity index (χ0) is 23.2. The third-order valence-electron chi connectivity index (χ3n) is 6.34. The molecule has 170 valence electrons. The van der Waals surface area contributed by atoms with Gasteiger partial charge in [-0.25, -0.2) is 4.68 Å². The minimum absolute atomic E-state index is 0.209. The van der Waals surface area contributed by atoms with E-state index in [0.717, 1.165) is 45.2 Å². The Hall–Kier alpha value is -4.26. The smallest absolute Gasteiger partial charge is 0.226 e. The van der Waals surface area contributed by atoms with Gasteiger partial charge in [-0.15, -0.1) is 0 Å². The fourth-order valence-electron chi connectivity index (χ4n) is 4.74.